The van der Waals surface area contributed by atoms with E-state index < -0.39 is 6.10 Å². The Morgan fingerprint density at radius 3 is 2.55 bits per heavy atom. The van der Waals surface area contributed by atoms with Gasteiger partial charge in [-0.2, -0.15) is 0 Å². The number of benzene rings is 1. The first-order valence-electron chi connectivity index (χ1n) is 7.20. The van der Waals surface area contributed by atoms with Gasteiger partial charge >= 0.3 is 0 Å². The number of Topliss-reactive ketones (excluding diaryl/α,β-unsaturated/α-hetero) is 1. The average molecular weight is 301 g/mol. The first-order chi connectivity index (χ1) is 10.6. The minimum Gasteiger partial charge on any atom is -0.481 e. The molecule has 1 aromatic heterocycles. The lowest BCUT2D eigenvalue weighted by atomic mass is 10.1. The van der Waals surface area contributed by atoms with Crippen LogP contribution in [-0.4, -0.2) is 17.8 Å². The number of rotatable bonds is 7. The summed E-state index contributed by atoms with van der Waals surface area (Å²) >= 11 is 0. The number of hydrogen-bond donors (Lipinski definition) is 1. The molecule has 0 fully saturated rings. The molecule has 5 nitrogen and oxygen atoms in total. The molecule has 0 radical (unpaired) electrons. The van der Waals surface area contributed by atoms with E-state index in [4.69, 9.17) is 9.15 Å². The van der Waals surface area contributed by atoms with Crippen LogP contribution in [-0.2, 0) is 11.3 Å². The number of carbonyl (C=O) groups is 2. The van der Waals surface area contributed by atoms with Gasteiger partial charge < -0.3 is 14.5 Å². The lowest BCUT2D eigenvalue weighted by molar-refractivity contribution is -0.127. The summed E-state index contributed by atoms with van der Waals surface area (Å²) in [7, 11) is 0. The molecular formula is C17H19NO4. The molecular weight excluding hydrogens is 282 g/mol. The third-order valence-electron chi connectivity index (χ3n) is 3.20. The lowest BCUT2D eigenvalue weighted by Crippen LogP contribution is -2.35. The predicted octanol–water partition coefficient (Wildman–Crippen LogP) is 2.96. The molecule has 0 saturated heterocycles. The van der Waals surface area contributed by atoms with E-state index in [1.54, 1.807) is 49.6 Å². The highest BCUT2D eigenvalue weighted by Crippen LogP contribution is 2.15. The van der Waals surface area contributed by atoms with Gasteiger partial charge in [0.15, 0.2) is 11.9 Å². The van der Waals surface area contributed by atoms with Crippen molar-refractivity contribution < 1.29 is 18.7 Å². The summed E-state index contributed by atoms with van der Waals surface area (Å²) in [5.41, 5.74) is 0.643. The van der Waals surface area contributed by atoms with E-state index in [1.807, 2.05) is 6.92 Å². The Balaban J connectivity index is 1.86. The van der Waals surface area contributed by atoms with Crippen LogP contribution in [0.25, 0.3) is 0 Å². The summed E-state index contributed by atoms with van der Waals surface area (Å²) < 4.78 is 10.7. The second-order valence-electron chi connectivity index (χ2n) is 4.86. The molecule has 0 unspecified atom stereocenters. The van der Waals surface area contributed by atoms with Gasteiger partial charge in [-0.3, -0.25) is 9.59 Å². The van der Waals surface area contributed by atoms with Crippen molar-refractivity contribution in [2.75, 3.05) is 0 Å². The first-order valence-corrected chi connectivity index (χ1v) is 7.20. The molecule has 0 aliphatic carbocycles. The molecule has 1 heterocycles. The van der Waals surface area contributed by atoms with Crippen LogP contribution in [0.2, 0.25) is 0 Å². The van der Waals surface area contributed by atoms with Crippen LogP contribution >= 0.6 is 0 Å². The van der Waals surface area contributed by atoms with Crippen molar-refractivity contribution in [2.45, 2.75) is 32.9 Å². The third kappa shape index (κ3) is 4.22. The Bertz CT molecular complexity index is 617. The number of nitrogens with one attached hydrogen (secondary N) is 1. The van der Waals surface area contributed by atoms with Gasteiger partial charge in [0.1, 0.15) is 11.5 Å². The van der Waals surface area contributed by atoms with E-state index in [0.29, 0.717) is 30.0 Å². The highest BCUT2D eigenvalue weighted by molar-refractivity contribution is 5.95. The Labute approximate surface area is 129 Å². The van der Waals surface area contributed by atoms with Gasteiger partial charge in [-0.05, 0) is 43.3 Å². The predicted molar refractivity (Wildman–Crippen MR) is 81.7 cm³/mol. The minimum atomic E-state index is -0.636. The Kier molecular flexibility index (Phi) is 5.36. The second kappa shape index (κ2) is 7.45. The normalized spacial score (nSPS) is 11.7. The third-order valence-corrected chi connectivity index (χ3v) is 3.20. The van der Waals surface area contributed by atoms with Crippen LogP contribution in [0.3, 0.4) is 0 Å². The van der Waals surface area contributed by atoms with Crippen molar-refractivity contribution in [3.05, 3.63) is 54.0 Å². The molecule has 22 heavy (non-hydrogen) atoms. The van der Waals surface area contributed by atoms with Crippen molar-refractivity contribution in [3.8, 4) is 5.75 Å². The molecule has 1 amide bonds. The summed E-state index contributed by atoms with van der Waals surface area (Å²) in [5.74, 6) is 1.08. The van der Waals surface area contributed by atoms with Crippen LogP contribution < -0.4 is 10.1 Å². The Morgan fingerprint density at radius 2 is 1.95 bits per heavy atom. The Hall–Kier alpha value is -2.56. The van der Waals surface area contributed by atoms with Gasteiger partial charge in [0, 0.05) is 12.0 Å². The van der Waals surface area contributed by atoms with E-state index in [9.17, 15) is 9.59 Å². The molecule has 0 saturated carbocycles. The van der Waals surface area contributed by atoms with Crippen molar-refractivity contribution in [1.29, 1.82) is 0 Å². The Morgan fingerprint density at radius 1 is 1.23 bits per heavy atom. The summed E-state index contributed by atoms with van der Waals surface area (Å²) in [5, 5.41) is 2.73. The molecule has 116 valence electrons. The zero-order valence-corrected chi connectivity index (χ0v) is 12.7. The maximum atomic E-state index is 11.9. The SMILES string of the molecule is CCC(=O)c1ccc(O[C@H](C)C(=O)NCc2ccco2)cc1. The van der Waals surface area contributed by atoms with Crippen LogP contribution in [0.4, 0.5) is 0 Å². The zero-order valence-electron chi connectivity index (χ0n) is 12.7. The highest BCUT2D eigenvalue weighted by Gasteiger charge is 2.15. The molecule has 0 bridgehead atoms. The monoisotopic (exact) mass is 301 g/mol. The van der Waals surface area contributed by atoms with Crippen molar-refractivity contribution in [1.82, 2.24) is 5.32 Å². The van der Waals surface area contributed by atoms with Gasteiger partial charge in [0.25, 0.3) is 5.91 Å². The topological polar surface area (TPSA) is 68.5 Å². The maximum Gasteiger partial charge on any atom is 0.261 e. The largest absolute Gasteiger partial charge is 0.481 e. The molecule has 2 rings (SSSR count). The van der Waals surface area contributed by atoms with Crippen LogP contribution in [0.1, 0.15) is 36.4 Å². The fraction of sp³-hybridized carbons (Fsp3) is 0.294. The first kappa shape index (κ1) is 15.8. The van der Waals surface area contributed by atoms with Crippen molar-refractivity contribution in [3.63, 3.8) is 0 Å². The van der Waals surface area contributed by atoms with E-state index in [2.05, 4.69) is 5.32 Å². The van der Waals surface area contributed by atoms with Gasteiger partial charge in [0.05, 0.1) is 12.8 Å². The molecule has 1 aromatic carbocycles. The van der Waals surface area contributed by atoms with Gasteiger partial charge in [-0.1, -0.05) is 6.92 Å². The number of ether oxygens (including phenoxy) is 1. The molecule has 5 heteroatoms. The van der Waals surface area contributed by atoms with Crippen LogP contribution in [0.5, 0.6) is 5.75 Å². The number of ketones is 1. The van der Waals surface area contributed by atoms with Gasteiger partial charge in [0.2, 0.25) is 0 Å². The number of furan rings is 1. The maximum absolute atomic E-state index is 11.9. The smallest absolute Gasteiger partial charge is 0.261 e. The number of amides is 1. The number of carbonyl (C=O) groups excluding carboxylic acids is 2. The van der Waals surface area contributed by atoms with E-state index >= 15 is 0 Å². The van der Waals surface area contributed by atoms with Crippen molar-refractivity contribution >= 4 is 11.7 Å². The molecule has 0 aliphatic heterocycles. The molecule has 1 N–H and O–H groups in total. The number of hydrogen-bond acceptors (Lipinski definition) is 4. The standard InChI is InChI=1S/C17H19NO4/c1-3-16(19)13-6-8-14(9-7-13)22-12(2)17(20)18-11-15-5-4-10-21-15/h4-10,12H,3,11H2,1-2H3,(H,18,20)/t12-/m1/s1. The second-order valence-corrected chi connectivity index (χ2v) is 4.86. The highest BCUT2D eigenvalue weighted by atomic mass is 16.5. The van der Waals surface area contributed by atoms with E-state index in [1.165, 1.54) is 0 Å². The zero-order chi connectivity index (χ0) is 15.9. The average Bonchev–Trinajstić information content (AvgIpc) is 3.06. The summed E-state index contributed by atoms with van der Waals surface area (Å²) in [6.07, 6.45) is 1.38. The minimum absolute atomic E-state index is 0.0794. The van der Waals surface area contributed by atoms with E-state index in [0.717, 1.165) is 0 Å². The summed E-state index contributed by atoms with van der Waals surface area (Å²) in [6, 6.07) is 10.3. The quantitative estimate of drug-likeness (QED) is 0.798. The fourth-order valence-electron chi connectivity index (χ4n) is 1.91. The molecule has 2 aromatic rings. The van der Waals surface area contributed by atoms with Crippen LogP contribution in [0, 0.1) is 0 Å². The molecule has 0 spiro atoms. The summed E-state index contributed by atoms with van der Waals surface area (Å²) in [4.78, 5) is 23.5. The molecule has 0 aliphatic rings. The summed E-state index contributed by atoms with van der Waals surface area (Å²) in [6.45, 7) is 3.81. The van der Waals surface area contributed by atoms with Gasteiger partial charge in [-0.15, -0.1) is 0 Å². The lowest BCUT2D eigenvalue weighted by Gasteiger charge is -2.14. The van der Waals surface area contributed by atoms with Crippen LogP contribution in [0.15, 0.2) is 47.1 Å². The fourth-order valence-corrected chi connectivity index (χ4v) is 1.91. The van der Waals surface area contributed by atoms with Crippen molar-refractivity contribution in [2.24, 2.45) is 0 Å². The van der Waals surface area contributed by atoms with E-state index in [-0.39, 0.29) is 11.7 Å². The molecule has 1 atom stereocenters. The van der Waals surface area contributed by atoms with Gasteiger partial charge in [-0.25, -0.2) is 0 Å².